The smallest absolute Gasteiger partial charge is 0.327 e. The number of carbonyl (C=O) groups is 3. The molecule has 2 heterocycles. The van der Waals surface area contributed by atoms with E-state index >= 15 is 0 Å². The molecule has 0 spiro atoms. The summed E-state index contributed by atoms with van der Waals surface area (Å²) in [5.74, 6) is -2.80. The van der Waals surface area contributed by atoms with Crippen LogP contribution < -0.4 is 5.32 Å². The number of halogens is 1. The minimum absolute atomic E-state index is 0.0320. The molecule has 1 saturated heterocycles. The van der Waals surface area contributed by atoms with Gasteiger partial charge in [-0.3, -0.25) is 9.59 Å². The Hall–Kier alpha value is -2.88. The summed E-state index contributed by atoms with van der Waals surface area (Å²) in [6.07, 6.45) is 2.87. The summed E-state index contributed by atoms with van der Waals surface area (Å²) in [7, 11) is 0. The maximum Gasteiger partial charge on any atom is 0.327 e. The van der Waals surface area contributed by atoms with Crippen LogP contribution in [0.3, 0.4) is 0 Å². The number of hydrogen-bond donors (Lipinski definition) is 3. The maximum atomic E-state index is 14.9. The van der Waals surface area contributed by atoms with E-state index in [1.54, 1.807) is 18.2 Å². The molecule has 0 aliphatic carbocycles. The highest BCUT2D eigenvalue weighted by atomic mass is 32.2. The Morgan fingerprint density at radius 3 is 2.63 bits per heavy atom. The van der Waals surface area contributed by atoms with Crippen LogP contribution in [0.5, 0.6) is 0 Å². The normalized spacial score (nSPS) is 21.5. The van der Waals surface area contributed by atoms with Crippen molar-refractivity contribution in [2.24, 2.45) is 5.41 Å². The molecule has 1 fully saturated rings. The maximum absolute atomic E-state index is 14.9. The number of hydrogen-bond acceptors (Lipinski definition) is 5. The van der Waals surface area contributed by atoms with Crippen LogP contribution >= 0.6 is 11.8 Å². The van der Waals surface area contributed by atoms with Crippen molar-refractivity contribution >= 4 is 29.5 Å². The monoisotopic (exact) mass is 434 g/mol. The van der Waals surface area contributed by atoms with Gasteiger partial charge in [-0.15, -0.1) is 11.8 Å². The van der Waals surface area contributed by atoms with Crippen LogP contribution in [-0.4, -0.2) is 56.1 Å². The number of carbonyl (C=O) groups excluding carboxylic acids is 2. The second kappa shape index (κ2) is 8.10. The van der Waals surface area contributed by atoms with E-state index in [9.17, 15) is 23.9 Å². The van der Waals surface area contributed by atoms with Crippen molar-refractivity contribution in [3.63, 3.8) is 0 Å². The molecule has 1 aliphatic rings. The van der Waals surface area contributed by atoms with Gasteiger partial charge in [0.15, 0.2) is 5.82 Å². The summed E-state index contributed by atoms with van der Waals surface area (Å²) in [5.41, 5.74) is -0.484. The molecule has 2 aromatic rings. The molecule has 2 atom stereocenters. The molecule has 1 aromatic heterocycles. The van der Waals surface area contributed by atoms with Crippen LogP contribution in [0.2, 0.25) is 0 Å². The quantitative estimate of drug-likeness (QED) is 0.665. The number of thioether (sulfide) groups is 1. The number of carboxylic acids is 1. The van der Waals surface area contributed by atoms with Gasteiger partial charge in [-0.1, -0.05) is 39.0 Å². The first-order chi connectivity index (χ1) is 14.1. The highest BCUT2D eigenvalue weighted by Crippen LogP contribution is 2.58. The summed E-state index contributed by atoms with van der Waals surface area (Å²) in [6, 6.07) is 4.89. The number of nitrogens with one attached hydrogen (secondary N) is 2. The summed E-state index contributed by atoms with van der Waals surface area (Å²) < 4.78 is 14.9. The number of amides is 2. The van der Waals surface area contributed by atoms with Gasteiger partial charge in [-0.05, 0) is 11.5 Å². The van der Waals surface area contributed by atoms with Gasteiger partial charge in [0.05, 0.1) is 6.54 Å². The molecule has 3 N–H and O–H groups in total. The SMILES string of the molecule is CC(C)(C)C1(c2ccccc2F)SCC(C(=O)O)N1C(=O)CNC(=O)c1ncc[nH]1. The van der Waals surface area contributed by atoms with Gasteiger partial charge in [0, 0.05) is 23.7 Å². The van der Waals surface area contributed by atoms with E-state index in [1.807, 2.05) is 20.8 Å². The third-order valence-corrected chi connectivity index (χ3v) is 6.95. The Kier molecular flexibility index (Phi) is 5.89. The molecule has 0 bridgehead atoms. The molecular formula is C20H23FN4O4S. The fourth-order valence-electron chi connectivity index (χ4n) is 3.73. The van der Waals surface area contributed by atoms with Gasteiger partial charge in [0.25, 0.3) is 5.91 Å². The molecule has 3 rings (SSSR count). The molecule has 2 amide bonds. The van der Waals surface area contributed by atoms with Crippen LogP contribution in [0.4, 0.5) is 4.39 Å². The molecule has 30 heavy (non-hydrogen) atoms. The number of nitrogens with zero attached hydrogens (tertiary/aromatic N) is 2. The second-order valence-corrected chi connectivity index (χ2v) is 9.14. The van der Waals surface area contributed by atoms with E-state index in [0.29, 0.717) is 0 Å². The Bertz CT molecular complexity index is 960. The van der Waals surface area contributed by atoms with Gasteiger partial charge in [-0.25, -0.2) is 14.2 Å². The largest absolute Gasteiger partial charge is 0.480 e. The number of aliphatic carboxylic acids is 1. The number of rotatable bonds is 5. The van der Waals surface area contributed by atoms with E-state index in [4.69, 9.17) is 0 Å². The average Bonchev–Trinajstić information content (AvgIpc) is 3.34. The molecule has 1 aromatic carbocycles. The molecular weight excluding hydrogens is 411 g/mol. The minimum Gasteiger partial charge on any atom is -0.480 e. The topological polar surface area (TPSA) is 115 Å². The molecule has 160 valence electrons. The van der Waals surface area contributed by atoms with E-state index in [1.165, 1.54) is 35.1 Å². The summed E-state index contributed by atoms with van der Waals surface area (Å²) in [6.45, 7) is 5.05. The van der Waals surface area contributed by atoms with Gasteiger partial charge < -0.3 is 20.3 Å². The highest BCUT2D eigenvalue weighted by Gasteiger charge is 2.59. The van der Waals surface area contributed by atoms with Crippen molar-refractivity contribution in [2.45, 2.75) is 31.7 Å². The number of aromatic nitrogens is 2. The Balaban J connectivity index is 2.01. The van der Waals surface area contributed by atoms with Crippen LogP contribution in [0.15, 0.2) is 36.7 Å². The number of carboxylic acid groups (broad SMARTS) is 1. The zero-order valence-corrected chi connectivity index (χ0v) is 17.6. The highest BCUT2D eigenvalue weighted by molar-refractivity contribution is 8.00. The summed E-state index contributed by atoms with van der Waals surface area (Å²) in [5, 5.41) is 12.2. The van der Waals surface area contributed by atoms with Crippen LogP contribution in [-0.2, 0) is 14.5 Å². The lowest BCUT2D eigenvalue weighted by Crippen LogP contribution is -2.58. The number of H-pyrrole nitrogens is 1. The van der Waals surface area contributed by atoms with E-state index in [0.717, 1.165) is 0 Å². The van der Waals surface area contributed by atoms with Gasteiger partial charge >= 0.3 is 5.97 Å². The van der Waals surface area contributed by atoms with E-state index in [-0.39, 0.29) is 17.1 Å². The second-order valence-electron chi connectivity index (χ2n) is 7.92. The standard InChI is InChI=1S/C20H23FN4O4S/c1-19(2,3)20(12-6-4-5-7-13(12)21)25(14(11-30-20)18(28)29)15(26)10-24-17(27)16-22-8-9-23-16/h4-9,14H,10-11H2,1-3H3,(H,22,23)(H,24,27)(H,28,29). The van der Waals surface area contributed by atoms with Crippen molar-refractivity contribution < 1.29 is 23.9 Å². The third-order valence-electron chi connectivity index (χ3n) is 5.02. The number of aromatic amines is 1. The Morgan fingerprint density at radius 2 is 2.07 bits per heavy atom. The molecule has 2 unspecified atom stereocenters. The zero-order valence-electron chi connectivity index (χ0n) is 16.8. The lowest BCUT2D eigenvalue weighted by Gasteiger charge is -2.48. The van der Waals surface area contributed by atoms with Crippen molar-refractivity contribution in [1.82, 2.24) is 20.2 Å². The molecule has 1 aliphatic heterocycles. The lowest BCUT2D eigenvalue weighted by atomic mass is 9.79. The molecule has 8 nitrogen and oxygen atoms in total. The molecule has 0 saturated carbocycles. The first-order valence-electron chi connectivity index (χ1n) is 9.31. The van der Waals surface area contributed by atoms with Gasteiger partial charge in [0.2, 0.25) is 5.91 Å². The first kappa shape index (κ1) is 21.8. The zero-order chi connectivity index (χ0) is 22.1. The van der Waals surface area contributed by atoms with Crippen LogP contribution in [0.25, 0.3) is 0 Å². The molecule has 10 heteroatoms. The number of imidazole rings is 1. The lowest BCUT2D eigenvalue weighted by molar-refractivity contribution is -0.153. The number of benzene rings is 1. The Labute approximate surface area is 177 Å². The average molecular weight is 434 g/mol. The fraction of sp³-hybridized carbons (Fsp3) is 0.400. The van der Waals surface area contributed by atoms with Crippen LogP contribution in [0.1, 0.15) is 37.0 Å². The molecule has 0 radical (unpaired) electrons. The van der Waals surface area contributed by atoms with Gasteiger partial charge in [-0.2, -0.15) is 0 Å². The van der Waals surface area contributed by atoms with Crippen molar-refractivity contribution in [2.75, 3.05) is 12.3 Å². The van der Waals surface area contributed by atoms with E-state index < -0.39 is 46.5 Å². The predicted molar refractivity (Wildman–Crippen MR) is 109 cm³/mol. The predicted octanol–water partition coefficient (Wildman–Crippen LogP) is 2.21. The Morgan fingerprint density at radius 1 is 1.37 bits per heavy atom. The van der Waals surface area contributed by atoms with Crippen LogP contribution in [0, 0.1) is 11.2 Å². The van der Waals surface area contributed by atoms with Crippen molar-refractivity contribution in [3.05, 3.63) is 53.9 Å². The minimum atomic E-state index is -1.27. The van der Waals surface area contributed by atoms with Crippen molar-refractivity contribution in [1.29, 1.82) is 0 Å². The summed E-state index contributed by atoms with van der Waals surface area (Å²) in [4.78, 5) is 43.8. The third kappa shape index (κ3) is 3.67. The van der Waals surface area contributed by atoms with E-state index in [2.05, 4.69) is 15.3 Å². The van der Waals surface area contributed by atoms with Gasteiger partial charge in [0.1, 0.15) is 16.7 Å². The summed E-state index contributed by atoms with van der Waals surface area (Å²) >= 11 is 1.22. The first-order valence-corrected chi connectivity index (χ1v) is 10.3. The van der Waals surface area contributed by atoms with Crippen molar-refractivity contribution in [3.8, 4) is 0 Å². The fourth-order valence-corrected chi connectivity index (χ4v) is 5.55.